The molecule has 1 aliphatic heterocycles. The Labute approximate surface area is 252 Å². The number of nitrogens with one attached hydrogen (secondary N) is 2. The number of carbonyl (C=O) groups excluding carboxylic acids is 1. The van der Waals surface area contributed by atoms with Gasteiger partial charge in [0, 0.05) is 18.7 Å². The van der Waals surface area contributed by atoms with Crippen molar-refractivity contribution in [1.82, 2.24) is 14.9 Å². The van der Waals surface area contributed by atoms with Crippen LogP contribution >= 0.6 is 0 Å². The number of nitrogens with zero attached hydrogens (tertiary/aromatic N) is 2. The molecule has 6 nitrogen and oxygen atoms in total. The SMILES string of the molecule is CC.CC.CC.CC.Cc1ccccc1Oc1ccccc1NC(=O)CN1CCc2[nH]cnc2C1c1cccc(F)c1. The fraction of sp³-hybridized carbons (Fsp3) is 0.371. The molecule has 0 spiro atoms. The summed E-state index contributed by atoms with van der Waals surface area (Å²) in [5, 5.41) is 2.99. The number of hydrogen-bond donors (Lipinski definition) is 2. The fourth-order valence-corrected chi connectivity index (χ4v) is 4.36. The maximum atomic E-state index is 14.0. The van der Waals surface area contributed by atoms with Gasteiger partial charge >= 0.3 is 0 Å². The zero-order valence-corrected chi connectivity index (χ0v) is 26.8. The maximum Gasteiger partial charge on any atom is 0.238 e. The van der Waals surface area contributed by atoms with Gasteiger partial charge in [0.2, 0.25) is 5.91 Å². The molecule has 228 valence electrons. The van der Waals surface area contributed by atoms with Gasteiger partial charge in [0.1, 0.15) is 11.6 Å². The highest BCUT2D eigenvalue weighted by molar-refractivity contribution is 5.93. The molecule has 4 aromatic rings. The molecule has 1 aromatic heterocycles. The second-order valence-electron chi connectivity index (χ2n) is 8.36. The Bertz CT molecular complexity index is 1320. The number of aromatic nitrogens is 2. The molecule has 3 aromatic carbocycles. The number of imidazole rings is 1. The number of aryl methyl sites for hydroxylation is 1. The first-order chi connectivity index (χ1) is 20.6. The second kappa shape index (κ2) is 20.0. The summed E-state index contributed by atoms with van der Waals surface area (Å²) in [6, 6.07) is 21.3. The van der Waals surface area contributed by atoms with E-state index in [1.807, 2.05) is 122 Å². The van der Waals surface area contributed by atoms with Crippen molar-refractivity contribution < 1.29 is 13.9 Å². The number of rotatable bonds is 6. The number of H-pyrrole nitrogens is 1. The summed E-state index contributed by atoms with van der Waals surface area (Å²) in [4.78, 5) is 22.8. The van der Waals surface area contributed by atoms with Crippen LogP contribution in [0.2, 0.25) is 0 Å². The van der Waals surface area contributed by atoms with Crippen LogP contribution < -0.4 is 10.1 Å². The van der Waals surface area contributed by atoms with Crippen LogP contribution in [0.5, 0.6) is 11.5 Å². The van der Waals surface area contributed by atoms with E-state index in [9.17, 15) is 9.18 Å². The lowest BCUT2D eigenvalue weighted by Gasteiger charge is -2.34. The van der Waals surface area contributed by atoms with Gasteiger partial charge in [-0.1, -0.05) is 97.9 Å². The van der Waals surface area contributed by atoms with E-state index >= 15 is 0 Å². The summed E-state index contributed by atoms with van der Waals surface area (Å²) >= 11 is 0. The van der Waals surface area contributed by atoms with Gasteiger partial charge in [0.15, 0.2) is 5.75 Å². The van der Waals surface area contributed by atoms with E-state index in [2.05, 4.69) is 15.3 Å². The van der Waals surface area contributed by atoms with Crippen molar-refractivity contribution in [3.8, 4) is 11.5 Å². The number of benzene rings is 3. The number of hydrogen-bond acceptors (Lipinski definition) is 4. The van der Waals surface area contributed by atoms with Crippen LogP contribution in [-0.4, -0.2) is 33.9 Å². The number of fused-ring (bicyclic) bond motifs is 1. The number of carbonyl (C=O) groups is 1. The highest BCUT2D eigenvalue weighted by atomic mass is 19.1. The Balaban J connectivity index is 0.00000102. The first kappa shape index (κ1) is 36.1. The minimum Gasteiger partial charge on any atom is -0.455 e. The number of halogens is 1. The van der Waals surface area contributed by atoms with Gasteiger partial charge in [-0.25, -0.2) is 9.37 Å². The third-order valence-corrected chi connectivity index (χ3v) is 6.01. The monoisotopic (exact) mass is 576 g/mol. The summed E-state index contributed by atoms with van der Waals surface area (Å²) in [6.07, 6.45) is 2.39. The molecule has 5 rings (SSSR count). The summed E-state index contributed by atoms with van der Waals surface area (Å²) < 4.78 is 20.1. The average Bonchev–Trinajstić information content (AvgIpc) is 3.52. The molecule has 0 aliphatic carbocycles. The molecule has 0 bridgehead atoms. The topological polar surface area (TPSA) is 70.2 Å². The van der Waals surface area contributed by atoms with E-state index < -0.39 is 0 Å². The van der Waals surface area contributed by atoms with E-state index in [-0.39, 0.29) is 24.3 Å². The first-order valence-electron chi connectivity index (χ1n) is 15.2. The Hall–Kier alpha value is -3.97. The smallest absolute Gasteiger partial charge is 0.238 e. The Morgan fingerprint density at radius 3 is 2.24 bits per heavy atom. The van der Waals surface area contributed by atoms with E-state index in [0.717, 1.165) is 34.7 Å². The molecule has 0 saturated heterocycles. The molecule has 7 heteroatoms. The van der Waals surface area contributed by atoms with Gasteiger partial charge in [0.05, 0.1) is 30.3 Å². The Morgan fingerprint density at radius 1 is 0.929 bits per heavy atom. The molecule has 1 amide bonds. The zero-order valence-electron chi connectivity index (χ0n) is 26.8. The average molecular weight is 577 g/mol. The van der Waals surface area contributed by atoms with Crippen molar-refractivity contribution in [1.29, 1.82) is 0 Å². The quantitative estimate of drug-likeness (QED) is 0.240. The summed E-state index contributed by atoms with van der Waals surface area (Å²) in [5.41, 5.74) is 4.21. The molecule has 2 N–H and O–H groups in total. The third-order valence-electron chi connectivity index (χ3n) is 6.01. The predicted molar refractivity (Wildman–Crippen MR) is 174 cm³/mol. The molecule has 1 unspecified atom stereocenters. The van der Waals surface area contributed by atoms with Crippen LogP contribution in [-0.2, 0) is 11.2 Å². The number of aromatic amines is 1. The second-order valence-corrected chi connectivity index (χ2v) is 8.36. The lowest BCUT2D eigenvalue weighted by molar-refractivity contribution is -0.117. The number of amides is 1. The molecule has 0 saturated carbocycles. The largest absolute Gasteiger partial charge is 0.455 e. The normalized spacial score (nSPS) is 13.1. The number of ether oxygens (including phenoxy) is 1. The highest BCUT2D eigenvalue weighted by Gasteiger charge is 2.32. The number of para-hydroxylation sites is 3. The molecule has 0 fully saturated rings. The van der Waals surface area contributed by atoms with Gasteiger partial charge in [-0.3, -0.25) is 9.69 Å². The van der Waals surface area contributed by atoms with Gasteiger partial charge in [-0.05, 0) is 48.4 Å². The van der Waals surface area contributed by atoms with Crippen LogP contribution in [0.25, 0.3) is 0 Å². The minimum atomic E-state index is -0.313. The Kier molecular flexibility index (Phi) is 17.2. The molecule has 42 heavy (non-hydrogen) atoms. The van der Waals surface area contributed by atoms with Gasteiger partial charge in [-0.15, -0.1) is 0 Å². The molecule has 2 heterocycles. The van der Waals surface area contributed by atoms with E-state index in [0.29, 0.717) is 18.0 Å². The summed E-state index contributed by atoms with van der Waals surface area (Å²) in [6.45, 7) is 18.8. The van der Waals surface area contributed by atoms with Crippen molar-refractivity contribution in [3.05, 3.63) is 107 Å². The van der Waals surface area contributed by atoms with Crippen LogP contribution in [0.1, 0.15) is 83.9 Å². The van der Waals surface area contributed by atoms with Crippen LogP contribution in [0.4, 0.5) is 10.1 Å². The third kappa shape index (κ3) is 9.84. The predicted octanol–water partition coefficient (Wildman–Crippen LogP) is 9.34. The van der Waals surface area contributed by atoms with Gasteiger partial charge in [-0.2, -0.15) is 0 Å². The van der Waals surface area contributed by atoms with E-state index in [1.54, 1.807) is 12.4 Å². The molecular formula is C35H49FN4O2. The standard InChI is InChI=1S/C27H25FN4O2.4C2H6/c1-18-7-2-4-11-23(18)34-24-12-5-3-10-21(24)31-25(33)16-32-14-13-22-26(30-17-29-22)27(32)19-8-6-9-20(28)15-19;4*1-2/h2-12,15,17,27H,13-14,16H2,1H3,(H,29,30)(H,31,33);4*1-2H3. The van der Waals surface area contributed by atoms with Gasteiger partial charge < -0.3 is 15.0 Å². The lowest BCUT2D eigenvalue weighted by Crippen LogP contribution is -2.41. The van der Waals surface area contributed by atoms with E-state index in [1.165, 1.54) is 12.1 Å². The van der Waals surface area contributed by atoms with Crippen molar-refractivity contribution >= 4 is 11.6 Å². The number of anilines is 1. The lowest BCUT2D eigenvalue weighted by atomic mass is 9.95. The van der Waals surface area contributed by atoms with Crippen LogP contribution in [0.3, 0.4) is 0 Å². The van der Waals surface area contributed by atoms with Crippen molar-refractivity contribution in [2.45, 2.75) is 74.8 Å². The summed E-state index contributed by atoms with van der Waals surface area (Å²) in [7, 11) is 0. The minimum absolute atomic E-state index is 0.131. The zero-order chi connectivity index (χ0) is 31.5. The summed E-state index contributed by atoms with van der Waals surface area (Å²) in [5.74, 6) is 0.811. The molecule has 1 aliphatic rings. The van der Waals surface area contributed by atoms with Crippen molar-refractivity contribution in [3.63, 3.8) is 0 Å². The van der Waals surface area contributed by atoms with Crippen molar-refractivity contribution in [2.24, 2.45) is 0 Å². The highest BCUT2D eigenvalue weighted by Crippen LogP contribution is 2.34. The maximum absolute atomic E-state index is 14.0. The van der Waals surface area contributed by atoms with Crippen molar-refractivity contribution in [2.75, 3.05) is 18.4 Å². The molecule has 1 atom stereocenters. The fourth-order valence-electron chi connectivity index (χ4n) is 4.36. The first-order valence-corrected chi connectivity index (χ1v) is 15.2. The molecular weight excluding hydrogens is 527 g/mol. The Morgan fingerprint density at radius 2 is 1.57 bits per heavy atom. The van der Waals surface area contributed by atoms with Crippen LogP contribution in [0, 0.1) is 12.7 Å². The molecule has 0 radical (unpaired) electrons. The van der Waals surface area contributed by atoms with Crippen LogP contribution in [0.15, 0.2) is 79.1 Å². The van der Waals surface area contributed by atoms with Gasteiger partial charge in [0.25, 0.3) is 0 Å². The van der Waals surface area contributed by atoms with E-state index in [4.69, 9.17) is 4.74 Å².